The van der Waals surface area contributed by atoms with E-state index in [-0.39, 0.29) is 26.1 Å². The molecule has 298 valence electrons. The van der Waals surface area contributed by atoms with E-state index in [2.05, 4.69) is 0 Å². The van der Waals surface area contributed by atoms with Crippen molar-refractivity contribution in [2.75, 3.05) is 47.5 Å². The monoisotopic (exact) mass is 740 g/mol. The minimum atomic E-state index is -4.66. The number of carbonyl (C=O) groups excluding carboxylic acids is 2. The van der Waals surface area contributed by atoms with Gasteiger partial charge in [0, 0.05) is 21.1 Å². The number of likely N-dealkylation sites (N-methyl/N-ethyl adjacent to an activating group) is 1. The molecular weight excluding hydrogens is 653 g/mol. The normalized spacial score (nSPS) is 15.9. The van der Waals surface area contributed by atoms with Crippen LogP contribution in [0.4, 0.5) is 0 Å². The number of ether oxygens (including phenoxy) is 2. The van der Waals surface area contributed by atoms with Gasteiger partial charge in [-0.15, -0.1) is 0 Å². The molecule has 0 spiro atoms. The number of phosphoric acid groups is 1. The Labute approximate surface area is 316 Å². The summed E-state index contributed by atoms with van der Waals surface area (Å²) in [5, 5.41) is 0. The summed E-state index contributed by atoms with van der Waals surface area (Å²) < 4.78 is 77.2. The highest BCUT2D eigenvalue weighted by atomic mass is 31.2. The molecule has 0 fully saturated rings. The molecule has 0 bridgehead atoms. The number of esters is 2. The number of hydrogen-bond donors (Lipinski definition) is 0. The molecule has 0 aliphatic heterocycles. The van der Waals surface area contributed by atoms with E-state index in [0.717, 1.165) is 103 Å². The zero-order chi connectivity index (χ0) is 42.2. The average molecular weight is 740 g/mol. The van der Waals surface area contributed by atoms with Gasteiger partial charge in [0.2, 0.25) is 0 Å². The highest BCUT2D eigenvalue weighted by Gasteiger charge is 2.21. The Kier molecular flexibility index (Phi) is 26.2. The van der Waals surface area contributed by atoms with E-state index in [1.807, 2.05) is 21.1 Å². The molecule has 50 heavy (non-hydrogen) atoms. The Morgan fingerprint density at radius 2 is 0.960 bits per heavy atom. The van der Waals surface area contributed by atoms with Crippen LogP contribution in [0.2, 0.25) is 0 Å². The Bertz CT molecular complexity index is 1030. The Hall–Kier alpha value is -0.990. The minimum Gasteiger partial charge on any atom is -0.756 e. The van der Waals surface area contributed by atoms with Crippen molar-refractivity contribution in [3.05, 3.63) is 0 Å². The molecule has 0 saturated heterocycles. The molecule has 2 unspecified atom stereocenters. The summed E-state index contributed by atoms with van der Waals surface area (Å²) in [5.74, 6) is -0.924. The summed E-state index contributed by atoms with van der Waals surface area (Å²) >= 11 is 0. The average Bonchev–Trinajstić information content (AvgIpc) is 3.08. The zero-order valence-electron chi connectivity index (χ0n) is 38.4. The van der Waals surface area contributed by atoms with Gasteiger partial charge in [-0.05, 0) is 12.8 Å². The predicted molar refractivity (Wildman–Crippen MR) is 204 cm³/mol. The first-order valence-corrected chi connectivity index (χ1v) is 21.5. The summed E-state index contributed by atoms with van der Waals surface area (Å²) in [6.07, 6.45) is 24.6. The highest BCUT2D eigenvalue weighted by molar-refractivity contribution is 7.45. The largest absolute Gasteiger partial charge is 0.756 e. The fourth-order valence-corrected chi connectivity index (χ4v) is 6.31. The summed E-state index contributed by atoms with van der Waals surface area (Å²) in [5.41, 5.74) is 0. The van der Waals surface area contributed by atoms with E-state index in [4.69, 9.17) is 26.7 Å². The van der Waals surface area contributed by atoms with Gasteiger partial charge in [0.25, 0.3) is 7.82 Å². The van der Waals surface area contributed by atoms with Crippen molar-refractivity contribution in [2.24, 2.45) is 0 Å². The fraction of sp³-hybridized carbons (Fsp3) is 0.950. The molecule has 0 aliphatic carbocycles. The van der Waals surface area contributed by atoms with Gasteiger partial charge in [0.05, 0.1) is 27.7 Å². The van der Waals surface area contributed by atoms with Crippen LogP contribution in [0, 0.1) is 0 Å². The van der Waals surface area contributed by atoms with Crippen LogP contribution >= 0.6 is 7.82 Å². The smallest absolute Gasteiger partial charge is 0.306 e. The van der Waals surface area contributed by atoms with Crippen LogP contribution in [0.15, 0.2) is 0 Å². The quantitative estimate of drug-likeness (QED) is 0.0266. The first-order valence-electron chi connectivity index (χ1n) is 23.0. The van der Waals surface area contributed by atoms with Crippen molar-refractivity contribution in [1.82, 2.24) is 0 Å². The van der Waals surface area contributed by atoms with Crippen molar-refractivity contribution in [2.45, 2.75) is 200 Å². The molecule has 0 amide bonds. The van der Waals surface area contributed by atoms with Crippen molar-refractivity contribution in [3.63, 3.8) is 0 Å². The molecule has 0 radical (unpaired) electrons. The summed E-state index contributed by atoms with van der Waals surface area (Å²) in [6.45, 7) is -4.03. The third-order valence-electron chi connectivity index (χ3n) is 8.77. The maximum Gasteiger partial charge on any atom is 0.306 e. The number of carbonyl (C=O) groups is 2. The topological polar surface area (TPSA) is 111 Å². The molecule has 0 rings (SSSR count). The molecular formula is C40H80NO8P. The second kappa shape index (κ2) is 33.8. The third-order valence-corrected chi connectivity index (χ3v) is 9.74. The van der Waals surface area contributed by atoms with Gasteiger partial charge >= 0.3 is 11.9 Å². The maximum absolute atomic E-state index is 12.7. The first-order chi connectivity index (χ1) is 26.3. The van der Waals surface area contributed by atoms with E-state index in [9.17, 15) is 19.0 Å². The van der Waals surface area contributed by atoms with E-state index in [0.29, 0.717) is 36.7 Å². The molecule has 0 aliphatic rings. The molecule has 0 N–H and O–H groups in total. The number of unbranched alkanes of at least 4 members (excludes halogenated alkanes) is 22. The molecule has 10 heteroatoms. The SMILES string of the molecule is [2H]C([2H])([2H])CCCCCCCCCCCCCCC(=O)OCC(COP(=O)([O-])OCC[N+](C)(C)C)OC(=O)CCCCCCCCCCCCCCC([2H])([2H])[2H]. The van der Waals surface area contributed by atoms with Gasteiger partial charge in [-0.2, -0.15) is 0 Å². The van der Waals surface area contributed by atoms with Crippen LogP contribution in [0.1, 0.15) is 202 Å². The van der Waals surface area contributed by atoms with Crippen molar-refractivity contribution >= 4 is 19.8 Å². The van der Waals surface area contributed by atoms with Crippen LogP contribution in [0.5, 0.6) is 0 Å². The third kappa shape index (κ3) is 36.8. The lowest BCUT2D eigenvalue weighted by molar-refractivity contribution is -0.870. The number of hydrogen-bond acceptors (Lipinski definition) is 8. The lowest BCUT2D eigenvalue weighted by Crippen LogP contribution is -2.37. The highest BCUT2D eigenvalue weighted by Crippen LogP contribution is 2.38. The fourth-order valence-electron chi connectivity index (χ4n) is 5.58. The first kappa shape index (κ1) is 38.7. The molecule has 0 saturated carbocycles. The molecule has 0 heterocycles. The van der Waals surface area contributed by atoms with Gasteiger partial charge in [0.15, 0.2) is 6.10 Å². The zero-order valence-corrected chi connectivity index (χ0v) is 33.3. The lowest BCUT2D eigenvalue weighted by atomic mass is 10.0. The second-order valence-corrected chi connectivity index (χ2v) is 16.3. The summed E-state index contributed by atoms with van der Waals surface area (Å²) in [6, 6.07) is 0. The van der Waals surface area contributed by atoms with Crippen LogP contribution in [0.25, 0.3) is 0 Å². The van der Waals surface area contributed by atoms with Gasteiger partial charge < -0.3 is 27.9 Å². The Morgan fingerprint density at radius 1 is 0.580 bits per heavy atom. The number of quaternary nitrogens is 1. The van der Waals surface area contributed by atoms with Crippen LogP contribution in [-0.4, -0.2) is 70.0 Å². The second-order valence-electron chi connectivity index (χ2n) is 14.9. The standard InChI is InChI=1S/C40H80NO8P/c1-6-8-10-12-14-16-18-20-22-24-26-28-30-32-39(42)46-36-38(37-48-50(44,45)47-35-34-41(3,4)5)49-40(43)33-31-29-27-25-23-21-19-17-15-13-11-9-7-2/h38H,6-37H2,1-5H3/i1D3,2D3. The van der Waals surface area contributed by atoms with E-state index in [1.54, 1.807) is 0 Å². The minimum absolute atomic E-state index is 0.0582. The van der Waals surface area contributed by atoms with Gasteiger partial charge in [-0.1, -0.05) is 168 Å². The van der Waals surface area contributed by atoms with Crippen LogP contribution < -0.4 is 4.89 Å². The number of nitrogens with zero attached hydrogens (tertiary/aromatic N) is 1. The molecule has 9 nitrogen and oxygen atoms in total. The number of rotatable bonds is 38. The molecule has 0 aromatic rings. The Balaban J connectivity index is 4.31. The van der Waals surface area contributed by atoms with Gasteiger partial charge in [-0.3, -0.25) is 14.2 Å². The van der Waals surface area contributed by atoms with Crippen LogP contribution in [0.3, 0.4) is 0 Å². The van der Waals surface area contributed by atoms with Gasteiger partial charge in [0.1, 0.15) is 19.8 Å². The Morgan fingerprint density at radius 3 is 1.36 bits per heavy atom. The summed E-state index contributed by atoms with van der Waals surface area (Å²) in [7, 11) is 1.07. The van der Waals surface area contributed by atoms with Crippen molar-refractivity contribution < 1.29 is 50.3 Å². The molecule has 0 aromatic heterocycles. The maximum atomic E-state index is 12.7. The van der Waals surface area contributed by atoms with E-state index in [1.165, 1.54) is 38.5 Å². The van der Waals surface area contributed by atoms with E-state index >= 15 is 0 Å². The molecule has 2 atom stereocenters. The van der Waals surface area contributed by atoms with Crippen LogP contribution in [-0.2, 0) is 32.7 Å². The van der Waals surface area contributed by atoms with Gasteiger partial charge in [-0.25, -0.2) is 0 Å². The summed E-state index contributed by atoms with van der Waals surface area (Å²) in [4.78, 5) is 37.5. The number of phosphoric ester groups is 1. The van der Waals surface area contributed by atoms with Crippen molar-refractivity contribution in [1.29, 1.82) is 0 Å². The van der Waals surface area contributed by atoms with Crippen molar-refractivity contribution in [3.8, 4) is 0 Å². The molecule has 0 aromatic carbocycles. The lowest BCUT2D eigenvalue weighted by Gasteiger charge is -2.28. The predicted octanol–water partition coefficient (Wildman–Crippen LogP) is 10.6. The van der Waals surface area contributed by atoms with E-state index < -0.39 is 46.2 Å².